The first kappa shape index (κ1) is 8.73. The smallest absolute Gasteiger partial charge is 0.222 e. The molecule has 0 aromatic carbocycles. The van der Waals surface area contributed by atoms with Crippen molar-refractivity contribution in [2.75, 3.05) is 13.1 Å². The maximum Gasteiger partial charge on any atom is 0.222 e. The van der Waals surface area contributed by atoms with Gasteiger partial charge in [0.2, 0.25) is 5.91 Å². The quantitative estimate of drug-likeness (QED) is 0.636. The first-order valence-electron chi connectivity index (χ1n) is 5.05. The van der Waals surface area contributed by atoms with Gasteiger partial charge in [0.25, 0.3) is 0 Å². The van der Waals surface area contributed by atoms with Gasteiger partial charge in [0, 0.05) is 32.4 Å². The second-order valence-corrected chi connectivity index (χ2v) is 4.07. The first-order chi connectivity index (χ1) is 6.25. The topological polar surface area (TPSA) is 37.4 Å². The third-order valence-electron chi connectivity index (χ3n) is 2.83. The van der Waals surface area contributed by atoms with E-state index in [1.165, 1.54) is 12.8 Å². The average Bonchev–Trinajstić information content (AvgIpc) is 2.89. The Hall–Kier alpha value is -0.860. The minimum absolute atomic E-state index is 0.259. The lowest BCUT2D eigenvalue weighted by Crippen LogP contribution is -2.38. The van der Waals surface area contributed by atoms with Crippen LogP contribution in [0.4, 0.5) is 0 Å². The van der Waals surface area contributed by atoms with Crippen LogP contribution in [-0.4, -0.2) is 29.7 Å². The lowest BCUT2D eigenvalue weighted by Gasteiger charge is -2.26. The molecule has 72 valence electrons. The molecular formula is C10H15NO2. The molecule has 0 aromatic rings. The number of ketones is 1. The summed E-state index contributed by atoms with van der Waals surface area (Å²) in [6.45, 7) is 1.31. The van der Waals surface area contributed by atoms with Gasteiger partial charge in [0.05, 0.1) is 0 Å². The summed E-state index contributed by atoms with van der Waals surface area (Å²) in [5.41, 5.74) is 0. The van der Waals surface area contributed by atoms with E-state index in [0.29, 0.717) is 44.1 Å². The molecule has 0 aromatic heterocycles. The number of nitrogens with zero attached hydrogens (tertiary/aromatic N) is 1. The van der Waals surface area contributed by atoms with Crippen LogP contribution in [0, 0.1) is 5.92 Å². The Balaban J connectivity index is 1.78. The molecular weight excluding hydrogens is 166 g/mol. The highest BCUT2D eigenvalue weighted by atomic mass is 16.2. The summed E-state index contributed by atoms with van der Waals surface area (Å²) in [6.07, 6.45) is 4.29. The van der Waals surface area contributed by atoms with Gasteiger partial charge >= 0.3 is 0 Å². The van der Waals surface area contributed by atoms with Crippen LogP contribution in [-0.2, 0) is 9.59 Å². The summed E-state index contributed by atoms with van der Waals surface area (Å²) in [5, 5.41) is 0. The fraction of sp³-hybridized carbons (Fsp3) is 0.800. The van der Waals surface area contributed by atoms with E-state index in [1.54, 1.807) is 0 Å². The van der Waals surface area contributed by atoms with Crippen molar-refractivity contribution in [1.29, 1.82) is 0 Å². The zero-order valence-electron chi connectivity index (χ0n) is 7.79. The molecule has 2 aliphatic rings. The van der Waals surface area contributed by atoms with Gasteiger partial charge in [-0.25, -0.2) is 0 Å². The number of rotatable bonds is 2. The van der Waals surface area contributed by atoms with E-state index < -0.39 is 0 Å². The summed E-state index contributed by atoms with van der Waals surface area (Å²) >= 11 is 0. The fourth-order valence-corrected chi connectivity index (χ4v) is 1.70. The molecule has 1 heterocycles. The molecule has 1 saturated heterocycles. The van der Waals surface area contributed by atoms with Gasteiger partial charge in [0.15, 0.2) is 0 Å². The zero-order chi connectivity index (χ0) is 9.26. The van der Waals surface area contributed by atoms with Crippen LogP contribution >= 0.6 is 0 Å². The number of piperidine rings is 1. The fourth-order valence-electron chi connectivity index (χ4n) is 1.70. The number of hydrogen-bond donors (Lipinski definition) is 0. The summed E-state index contributed by atoms with van der Waals surface area (Å²) < 4.78 is 0. The molecule has 0 spiro atoms. The van der Waals surface area contributed by atoms with Crippen molar-refractivity contribution in [2.45, 2.75) is 32.1 Å². The van der Waals surface area contributed by atoms with Crippen LogP contribution in [0.3, 0.4) is 0 Å². The molecule has 0 bridgehead atoms. The summed E-state index contributed by atoms with van der Waals surface area (Å²) in [4.78, 5) is 24.3. The van der Waals surface area contributed by atoms with E-state index in [4.69, 9.17) is 0 Å². The van der Waals surface area contributed by atoms with Gasteiger partial charge in [-0.1, -0.05) is 0 Å². The van der Waals surface area contributed by atoms with Crippen molar-refractivity contribution in [2.24, 2.45) is 5.92 Å². The Morgan fingerprint density at radius 1 is 1.31 bits per heavy atom. The van der Waals surface area contributed by atoms with Crippen LogP contribution in [0.25, 0.3) is 0 Å². The lowest BCUT2D eigenvalue weighted by atomic mass is 10.1. The molecule has 0 radical (unpaired) electrons. The van der Waals surface area contributed by atoms with E-state index in [-0.39, 0.29) is 5.91 Å². The molecule has 2 fully saturated rings. The molecule has 3 heteroatoms. The number of Topliss-reactive ketones (excluding diaryl/α,β-unsaturated/α-hetero) is 1. The highest BCUT2D eigenvalue weighted by Crippen LogP contribution is 2.33. The molecule has 3 nitrogen and oxygen atoms in total. The van der Waals surface area contributed by atoms with Crippen molar-refractivity contribution >= 4 is 11.7 Å². The predicted octanol–water partition coefficient (Wildman–Crippen LogP) is 0.978. The molecule has 0 atom stereocenters. The van der Waals surface area contributed by atoms with Gasteiger partial charge in [-0.2, -0.15) is 0 Å². The van der Waals surface area contributed by atoms with Gasteiger partial charge in [-0.15, -0.1) is 0 Å². The van der Waals surface area contributed by atoms with Gasteiger partial charge in [-0.05, 0) is 18.8 Å². The van der Waals surface area contributed by atoms with Crippen LogP contribution < -0.4 is 0 Å². The second-order valence-electron chi connectivity index (χ2n) is 4.07. The molecule has 13 heavy (non-hydrogen) atoms. The monoisotopic (exact) mass is 181 g/mol. The minimum Gasteiger partial charge on any atom is -0.342 e. The van der Waals surface area contributed by atoms with E-state index in [0.717, 1.165) is 0 Å². The zero-order valence-corrected chi connectivity index (χ0v) is 7.79. The van der Waals surface area contributed by atoms with Crippen molar-refractivity contribution < 1.29 is 9.59 Å². The number of carbonyl (C=O) groups excluding carboxylic acids is 2. The number of hydrogen-bond acceptors (Lipinski definition) is 2. The van der Waals surface area contributed by atoms with Crippen molar-refractivity contribution in [3.05, 3.63) is 0 Å². The molecule has 1 aliphatic heterocycles. The van der Waals surface area contributed by atoms with Crippen LogP contribution in [0.15, 0.2) is 0 Å². The van der Waals surface area contributed by atoms with Crippen LogP contribution in [0.2, 0.25) is 0 Å². The highest BCUT2D eigenvalue weighted by Gasteiger charge is 2.28. The molecule has 2 rings (SSSR count). The Morgan fingerprint density at radius 2 is 1.92 bits per heavy atom. The maximum absolute atomic E-state index is 11.6. The molecule has 1 saturated carbocycles. The average molecular weight is 181 g/mol. The van der Waals surface area contributed by atoms with Gasteiger partial charge < -0.3 is 4.90 Å². The van der Waals surface area contributed by atoms with Crippen molar-refractivity contribution in [3.63, 3.8) is 0 Å². The summed E-state index contributed by atoms with van der Waals surface area (Å²) in [7, 11) is 0. The Labute approximate surface area is 78.1 Å². The number of amides is 1. The Morgan fingerprint density at radius 3 is 2.46 bits per heavy atom. The summed E-state index contributed by atoms with van der Waals surface area (Å²) in [6, 6.07) is 0. The third-order valence-corrected chi connectivity index (χ3v) is 2.83. The lowest BCUT2D eigenvalue weighted by molar-refractivity contribution is -0.134. The molecule has 1 amide bonds. The predicted molar refractivity (Wildman–Crippen MR) is 48.2 cm³/mol. The largest absolute Gasteiger partial charge is 0.342 e. The van der Waals surface area contributed by atoms with Crippen molar-refractivity contribution in [3.8, 4) is 0 Å². The van der Waals surface area contributed by atoms with E-state index >= 15 is 0 Å². The molecule has 0 N–H and O–H groups in total. The minimum atomic E-state index is 0.259. The van der Waals surface area contributed by atoms with Gasteiger partial charge in [-0.3, -0.25) is 9.59 Å². The van der Waals surface area contributed by atoms with E-state index in [1.807, 2.05) is 4.90 Å². The highest BCUT2D eigenvalue weighted by molar-refractivity contribution is 5.83. The van der Waals surface area contributed by atoms with Crippen LogP contribution in [0.1, 0.15) is 32.1 Å². The third kappa shape index (κ3) is 2.29. The number of carbonyl (C=O) groups is 2. The number of likely N-dealkylation sites (tertiary alicyclic amines) is 1. The molecule has 1 aliphatic carbocycles. The first-order valence-corrected chi connectivity index (χ1v) is 5.05. The van der Waals surface area contributed by atoms with Gasteiger partial charge in [0.1, 0.15) is 5.78 Å². The van der Waals surface area contributed by atoms with E-state index in [9.17, 15) is 9.59 Å². The Kier molecular flexibility index (Phi) is 2.34. The van der Waals surface area contributed by atoms with Crippen LogP contribution in [0.5, 0.6) is 0 Å². The molecule has 0 unspecified atom stereocenters. The SMILES string of the molecule is O=C1CCN(C(=O)CC2CC2)CC1. The summed E-state index contributed by atoms with van der Waals surface area (Å²) in [5.74, 6) is 1.22. The van der Waals surface area contributed by atoms with Crippen molar-refractivity contribution in [1.82, 2.24) is 4.90 Å². The normalized spacial score (nSPS) is 23.4. The maximum atomic E-state index is 11.6. The standard InChI is InChI=1S/C10H15NO2/c12-9-3-5-11(6-4-9)10(13)7-8-1-2-8/h8H,1-7H2. The Bertz CT molecular complexity index is 223. The van der Waals surface area contributed by atoms with E-state index in [2.05, 4.69) is 0 Å². The second kappa shape index (κ2) is 3.48.